The zero-order valence-electron chi connectivity index (χ0n) is 11.6. The molecule has 1 saturated carbocycles. The molecule has 0 unspecified atom stereocenters. The Bertz CT molecular complexity index is 483. The maximum Gasteiger partial charge on any atom is 0.235 e. The van der Waals surface area contributed by atoms with Crippen LogP contribution in [0.25, 0.3) is 0 Å². The molecule has 1 aromatic rings. The average molecular weight is 297 g/mol. The molecule has 0 spiro atoms. The third kappa shape index (κ3) is 4.13. The highest BCUT2D eigenvalue weighted by Crippen LogP contribution is 2.18. The number of halogens is 1. The molecule has 1 aromatic carbocycles. The van der Waals surface area contributed by atoms with E-state index in [1.807, 2.05) is 0 Å². The minimum absolute atomic E-state index is 0.141. The van der Waals surface area contributed by atoms with Crippen molar-refractivity contribution < 1.29 is 13.4 Å². The predicted octanol–water partition coefficient (Wildman–Crippen LogP) is 2.52. The van der Waals surface area contributed by atoms with Crippen LogP contribution in [0, 0.1) is 5.82 Å². The highest BCUT2D eigenvalue weighted by atomic mass is 32.2. The highest BCUT2D eigenvalue weighted by molar-refractivity contribution is 7.85. The maximum absolute atomic E-state index is 12.8. The van der Waals surface area contributed by atoms with Crippen LogP contribution in [0.4, 0.5) is 4.39 Å². The van der Waals surface area contributed by atoms with Crippen molar-refractivity contribution in [3.63, 3.8) is 0 Å². The summed E-state index contributed by atoms with van der Waals surface area (Å²) in [5.74, 6) is -0.177. The number of rotatable bonds is 5. The lowest BCUT2D eigenvalue weighted by atomic mass is 10.2. The summed E-state index contributed by atoms with van der Waals surface area (Å²) in [6.07, 6.45) is 4.34. The molecule has 0 heterocycles. The second-order valence-corrected chi connectivity index (χ2v) is 7.04. The standard InChI is InChI=1S/C15H20FNO2S/c1-11(15(18)17-14-4-2-3-5-14)20(19)10-12-6-8-13(16)9-7-12/h6-9,11,14H,2-5,10H2,1H3,(H,17,18)/t11-,20-/m0/s1. The first-order valence-electron chi connectivity index (χ1n) is 6.98. The van der Waals surface area contributed by atoms with E-state index in [9.17, 15) is 13.4 Å². The molecular weight excluding hydrogens is 277 g/mol. The quantitative estimate of drug-likeness (QED) is 0.908. The SMILES string of the molecule is C[C@@H](C(=O)NC1CCCC1)[S@@](=O)Cc1ccc(F)cc1. The number of carbonyl (C=O) groups excluding carboxylic acids is 1. The van der Waals surface area contributed by atoms with Gasteiger partial charge in [-0.25, -0.2) is 4.39 Å². The first-order chi connectivity index (χ1) is 9.56. The summed E-state index contributed by atoms with van der Waals surface area (Å²) in [5.41, 5.74) is 0.783. The van der Waals surface area contributed by atoms with Gasteiger partial charge >= 0.3 is 0 Å². The van der Waals surface area contributed by atoms with Gasteiger partial charge in [0.15, 0.2) is 0 Å². The van der Waals surface area contributed by atoms with E-state index in [0.29, 0.717) is 0 Å². The Morgan fingerprint density at radius 3 is 2.55 bits per heavy atom. The molecule has 20 heavy (non-hydrogen) atoms. The summed E-state index contributed by atoms with van der Waals surface area (Å²) >= 11 is 0. The van der Waals surface area contributed by atoms with E-state index in [4.69, 9.17) is 0 Å². The molecule has 3 nitrogen and oxygen atoms in total. The van der Waals surface area contributed by atoms with Gasteiger partial charge in [0, 0.05) is 22.6 Å². The molecule has 1 aliphatic carbocycles. The molecule has 110 valence electrons. The van der Waals surface area contributed by atoms with Gasteiger partial charge in [0.25, 0.3) is 0 Å². The molecule has 0 aromatic heterocycles. The molecule has 1 fully saturated rings. The maximum atomic E-state index is 12.8. The van der Waals surface area contributed by atoms with Crippen molar-refractivity contribution >= 4 is 16.7 Å². The van der Waals surface area contributed by atoms with Crippen LogP contribution in [0.5, 0.6) is 0 Å². The van der Waals surface area contributed by atoms with Crippen molar-refractivity contribution in [1.82, 2.24) is 5.32 Å². The van der Waals surface area contributed by atoms with Crippen LogP contribution in [0.1, 0.15) is 38.2 Å². The fraction of sp³-hybridized carbons (Fsp3) is 0.533. The van der Waals surface area contributed by atoms with Gasteiger partial charge in [-0.15, -0.1) is 0 Å². The van der Waals surface area contributed by atoms with E-state index in [2.05, 4.69) is 5.32 Å². The van der Waals surface area contributed by atoms with Crippen LogP contribution in [-0.2, 0) is 21.3 Å². The van der Waals surface area contributed by atoms with Crippen molar-refractivity contribution in [3.05, 3.63) is 35.6 Å². The molecule has 2 rings (SSSR count). The lowest BCUT2D eigenvalue weighted by molar-refractivity contribution is -0.121. The number of hydrogen-bond donors (Lipinski definition) is 1. The average Bonchev–Trinajstić information content (AvgIpc) is 2.93. The van der Waals surface area contributed by atoms with Gasteiger partial charge in [-0.05, 0) is 37.5 Å². The van der Waals surface area contributed by atoms with Gasteiger partial charge in [0.05, 0.1) is 0 Å². The zero-order valence-corrected chi connectivity index (χ0v) is 12.4. The molecule has 1 aliphatic rings. The fourth-order valence-electron chi connectivity index (χ4n) is 2.38. The first-order valence-corrected chi connectivity index (χ1v) is 8.36. The van der Waals surface area contributed by atoms with Gasteiger partial charge in [-0.1, -0.05) is 25.0 Å². The Morgan fingerprint density at radius 2 is 1.95 bits per heavy atom. The molecule has 1 amide bonds. The second kappa shape index (κ2) is 6.97. The molecular formula is C15H20FNO2S. The van der Waals surface area contributed by atoms with E-state index in [1.165, 1.54) is 12.1 Å². The summed E-state index contributed by atoms with van der Waals surface area (Å²) in [6, 6.07) is 6.14. The number of hydrogen-bond acceptors (Lipinski definition) is 2. The lowest BCUT2D eigenvalue weighted by Crippen LogP contribution is -2.40. The van der Waals surface area contributed by atoms with Gasteiger partial charge in [0.1, 0.15) is 11.1 Å². The number of nitrogens with one attached hydrogen (secondary N) is 1. The monoisotopic (exact) mass is 297 g/mol. The van der Waals surface area contributed by atoms with Crippen LogP contribution in [-0.4, -0.2) is 21.4 Å². The van der Waals surface area contributed by atoms with Crippen molar-refractivity contribution in [2.75, 3.05) is 0 Å². The van der Waals surface area contributed by atoms with E-state index < -0.39 is 16.0 Å². The third-order valence-corrected chi connectivity index (χ3v) is 5.31. The Hall–Kier alpha value is -1.23. The molecule has 0 aliphatic heterocycles. The number of benzene rings is 1. The van der Waals surface area contributed by atoms with Crippen LogP contribution in [0.3, 0.4) is 0 Å². The van der Waals surface area contributed by atoms with Crippen LogP contribution in [0.15, 0.2) is 24.3 Å². The summed E-state index contributed by atoms with van der Waals surface area (Å²) < 4.78 is 25.0. The molecule has 0 radical (unpaired) electrons. The number of carbonyl (C=O) groups is 1. The lowest BCUT2D eigenvalue weighted by Gasteiger charge is -2.16. The van der Waals surface area contributed by atoms with Crippen LogP contribution in [0.2, 0.25) is 0 Å². The van der Waals surface area contributed by atoms with Gasteiger partial charge in [0.2, 0.25) is 5.91 Å². The molecule has 1 N–H and O–H groups in total. The molecule has 2 atom stereocenters. The van der Waals surface area contributed by atoms with Crippen LogP contribution >= 0.6 is 0 Å². The number of amides is 1. The second-order valence-electron chi connectivity index (χ2n) is 5.28. The summed E-state index contributed by atoms with van der Waals surface area (Å²) in [4.78, 5) is 12.0. The minimum atomic E-state index is -1.29. The third-order valence-electron chi connectivity index (χ3n) is 3.69. The Balaban J connectivity index is 1.87. The van der Waals surface area contributed by atoms with Crippen molar-refractivity contribution in [3.8, 4) is 0 Å². The predicted molar refractivity (Wildman–Crippen MR) is 78.1 cm³/mol. The molecule has 0 saturated heterocycles. The van der Waals surface area contributed by atoms with Gasteiger partial charge in [-0.2, -0.15) is 0 Å². The van der Waals surface area contributed by atoms with Gasteiger partial charge < -0.3 is 5.32 Å². The first kappa shape index (κ1) is 15.2. The van der Waals surface area contributed by atoms with Crippen molar-refractivity contribution in [2.45, 2.75) is 49.7 Å². The smallest absolute Gasteiger partial charge is 0.235 e. The summed E-state index contributed by atoms with van der Waals surface area (Å²) in [6.45, 7) is 1.68. The Kier molecular flexibility index (Phi) is 5.29. The minimum Gasteiger partial charge on any atom is -0.352 e. The van der Waals surface area contributed by atoms with E-state index in [0.717, 1.165) is 31.2 Å². The highest BCUT2D eigenvalue weighted by Gasteiger charge is 2.24. The molecule has 5 heteroatoms. The largest absolute Gasteiger partial charge is 0.352 e. The molecule has 0 bridgehead atoms. The van der Waals surface area contributed by atoms with E-state index in [-0.39, 0.29) is 23.5 Å². The van der Waals surface area contributed by atoms with Crippen LogP contribution < -0.4 is 5.32 Å². The Labute approximate surface area is 121 Å². The topological polar surface area (TPSA) is 46.2 Å². The Morgan fingerprint density at radius 1 is 1.35 bits per heavy atom. The van der Waals surface area contributed by atoms with Crippen molar-refractivity contribution in [1.29, 1.82) is 0 Å². The summed E-state index contributed by atoms with van der Waals surface area (Å²) in [5, 5.41) is 2.42. The van der Waals surface area contributed by atoms with E-state index in [1.54, 1.807) is 19.1 Å². The normalized spacial score (nSPS) is 18.7. The fourth-order valence-corrected chi connectivity index (χ4v) is 3.46. The summed E-state index contributed by atoms with van der Waals surface area (Å²) in [7, 11) is -1.29. The zero-order chi connectivity index (χ0) is 14.5. The van der Waals surface area contributed by atoms with E-state index >= 15 is 0 Å². The van der Waals surface area contributed by atoms with Crippen molar-refractivity contribution in [2.24, 2.45) is 0 Å². The van der Waals surface area contributed by atoms with Gasteiger partial charge in [-0.3, -0.25) is 9.00 Å².